The zero-order valence-corrected chi connectivity index (χ0v) is 11.3. The van der Waals surface area contributed by atoms with Crippen molar-refractivity contribution in [2.45, 2.75) is 18.5 Å². The van der Waals surface area contributed by atoms with E-state index >= 15 is 0 Å². The van der Waals surface area contributed by atoms with Crippen molar-refractivity contribution in [1.82, 2.24) is 10.2 Å². The van der Waals surface area contributed by atoms with Gasteiger partial charge in [-0.3, -0.25) is 0 Å². The van der Waals surface area contributed by atoms with Crippen LogP contribution < -0.4 is 5.32 Å². The predicted molar refractivity (Wildman–Crippen MR) is 68.8 cm³/mol. The summed E-state index contributed by atoms with van der Waals surface area (Å²) in [7, 11) is -0.701. The normalized spacial score (nSPS) is 34.4. The highest BCUT2D eigenvalue weighted by atomic mass is 32.2. The van der Waals surface area contributed by atoms with Gasteiger partial charge in [-0.1, -0.05) is 0 Å². The van der Waals surface area contributed by atoms with Crippen LogP contribution in [0.25, 0.3) is 0 Å². The Morgan fingerprint density at radius 1 is 1.50 bits per heavy atom. The van der Waals surface area contributed by atoms with E-state index in [0.717, 1.165) is 25.3 Å². The molecule has 16 heavy (non-hydrogen) atoms. The van der Waals surface area contributed by atoms with E-state index in [9.17, 15) is 8.42 Å². The zero-order valence-electron chi connectivity index (χ0n) is 9.68. The molecule has 94 valence electrons. The summed E-state index contributed by atoms with van der Waals surface area (Å²) in [5.41, 5.74) is 0. The van der Waals surface area contributed by atoms with Crippen LogP contribution in [-0.2, 0) is 9.84 Å². The Labute approximate surface area is 102 Å². The molecule has 2 saturated heterocycles. The Bertz CT molecular complexity index is 326. The Balaban J connectivity index is 1.81. The van der Waals surface area contributed by atoms with E-state index < -0.39 is 9.84 Å². The van der Waals surface area contributed by atoms with Gasteiger partial charge >= 0.3 is 0 Å². The summed E-state index contributed by atoms with van der Waals surface area (Å²) >= 11 is 1.98. The molecule has 0 aromatic rings. The Hall–Kier alpha value is 0.220. The van der Waals surface area contributed by atoms with Crippen LogP contribution in [0.4, 0.5) is 0 Å². The highest BCUT2D eigenvalue weighted by molar-refractivity contribution is 7.99. The summed E-state index contributed by atoms with van der Waals surface area (Å²) in [4.78, 5) is 2.22. The van der Waals surface area contributed by atoms with E-state index in [2.05, 4.69) is 10.2 Å². The largest absolute Gasteiger partial charge is 0.311 e. The minimum atomic E-state index is -2.75. The molecule has 0 radical (unpaired) electrons. The molecule has 6 heteroatoms. The monoisotopic (exact) mass is 264 g/mol. The van der Waals surface area contributed by atoms with Crippen LogP contribution in [-0.4, -0.2) is 68.5 Å². The van der Waals surface area contributed by atoms with E-state index in [-0.39, 0.29) is 6.04 Å². The molecule has 2 unspecified atom stereocenters. The molecule has 0 saturated carbocycles. The van der Waals surface area contributed by atoms with Crippen molar-refractivity contribution in [2.75, 3.05) is 43.1 Å². The van der Waals surface area contributed by atoms with Gasteiger partial charge in [-0.2, -0.15) is 11.8 Å². The lowest BCUT2D eigenvalue weighted by molar-refractivity contribution is 0.239. The van der Waals surface area contributed by atoms with Gasteiger partial charge in [0.15, 0.2) is 9.84 Å². The summed E-state index contributed by atoms with van der Waals surface area (Å²) in [6.45, 7) is 2.04. The molecule has 0 spiro atoms. The maximum atomic E-state index is 11.4. The fraction of sp³-hybridized carbons (Fsp3) is 1.00. The zero-order chi connectivity index (χ0) is 11.6. The SMILES string of the molecule is CN(CC1CSCCN1)C1CCS(=O)(=O)C1. The van der Waals surface area contributed by atoms with Crippen molar-refractivity contribution in [2.24, 2.45) is 0 Å². The molecule has 2 fully saturated rings. The lowest BCUT2D eigenvalue weighted by Crippen LogP contribution is -2.47. The molecular weight excluding hydrogens is 244 g/mol. The number of thioether (sulfide) groups is 1. The van der Waals surface area contributed by atoms with Crippen LogP contribution >= 0.6 is 11.8 Å². The summed E-state index contributed by atoms with van der Waals surface area (Å²) in [5.74, 6) is 3.06. The average molecular weight is 264 g/mol. The number of likely N-dealkylation sites (N-methyl/N-ethyl adjacent to an activating group) is 1. The van der Waals surface area contributed by atoms with Crippen molar-refractivity contribution in [3.05, 3.63) is 0 Å². The average Bonchev–Trinajstić information content (AvgIpc) is 2.60. The van der Waals surface area contributed by atoms with E-state index in [1.165, 1.54) is 5.75 Å². The standard InChI is InChI=1S/C10H20N2O2S2/c1-12(6-9-7-15-4-3-11-9)10-2-5-16(13,14)8-10/h9-11H,2-8H2,1H3. The van der Waals surface area contributed by atoms with E-state index in [1.54, 1.807) is 0 Å². The van der Waals surface area contributed by atoms with E-state index in [1.807, 2.05) is 18.8 Å². The molecule has 2 rings (SSSR count). The first-order valence-corrected chi connectivity index (χ1v) is 8.76. The first-order chi connectivity index (χ1) is 7.57. The van der Waals surface area contributed by atoms with Crippen molar-refractivity contribution in [3.8, 4) is 0 Å². The highest BCUT2D eigenvalue weighted by Crippen LogP contribution is 2.17. The maximum absolute atomic E-state index is 11.4. The number of hydrogen-bond donors (Lipinski definition) is 1. The van der Waals surface area contributed by atoms with Crippen LogP contribution in [0.3, 0.4) is 0 Å². The van der Waals surface area contributed by atoms with Crippen molar-refractivity contribution in [3.63, 3.8) is 0 Å². The van der Waals surface area contributed by atoms with Crippen LogP contribution in [0.2, 0.25) is 0 Å². The second-order valence-electron chi connectivity index (χ2n) is 4.72. The number of nitrogens with zero attached hydrogens (tertiary/aromatic N) is 1. The molecule has 0 bridgehead atoms. The van der Waals surface area contributed by atoms with Gasteiger partial charge in [-0.15, -0.1) is 0 Å². The van der Waals surface area contributed by atoms with Gasteiger partial charge in [-0.25, -0.2) is 8.42 Å². The highest BCUT2D eigenvalue weighted by Gasteiger charge is 2.31. The quantitative estimate of drug-likeness (QED) is 0.766. The molecule has 1 N–H and O–H groups in total. The third kappa shape index (κ3) is 3.35. The number of sulfone groups is 1. The summed E-state index contributed by atoms with van der Waals surface area (Å²) in [6.07, 6.45) is 0.804. The topological polar surface area (TPSA) is 49.4 Å². The Morgan fingerprint density at radius 2 is 2.31 bits per heavy atom. The molecule has 0 aliphatic carbocycles. The second kappa shape index (κ2) is 5.25. The van der Waals surface area contributed by atoms with Gasteiger partial charge in [0.1, 0.15) is 0 Å². The van der Waals surface area contributed by atoms with Crippen LogP contribution in [0.15, 0.2) is 0 Å². The van der Waals surface area contributed by atoms with Crippen LogP contribution in [0.1, 0.15) is 6.42 Å². The number of nitrogens with one attached hydrogen (secondary N) is 1. The molecule has 2 atom stereocenters. The molecule has 0 aromatic carbocycles. The summed E-state index contributed by atoms with van der Waals surface area (Å²) < 4.78 is 22.8. The number of hydrogen-bond acceptors (Lipinski definition) is 5. The molecule has 2 heterocycles. The minimum Gasteiger partial charge on any atom is -0.311 e. The number of rotatable bonds is 3. The van der Waals surface area contributed by atoms with Crippen molar-refractivity contribution >= 4 is 21.6 Å². The van der Waals surface area contributed by atoms with Gasteiger partial charge in [0.2, 0.25) is 0 Å². The van der Waals surface area contributed by atoms with Crippen LogP contribution in [0, 0.1) is 0 Å². The summed E-state index contributed by atoms with van der Waals surface area (Å²) in [5, 5.41) is 3.48. The molecular formula is C10H20N2O2S2. The fourth-order valence-electron chi connectivity index (χ4n) is 2.36. The second-order valence-corrected chi connectivity index (χ2v) is 8.10. The molecule has 0 aromatic heterocycles. The smallest absolute Gasteiger partial charge is 0.151 e. The molecule has 0 amide bonds. The molecule has 2 aliphatic rings. The van der Waals surface area contributed by atoms with Gasteiger partial charge in [0.25, 0.3) is 0 Å². The first-order valence-electron chi connectivity index (χ1n) is 5.78. The van der Waals surface area contributed by atoms with Crippen molar-refractivity contribution in [1.29, 1.82) is 0 Å². The third-order valence-electron chi connectivity index (χ3n) is 3.34. The Morgan fingerprint density at radius 3 is 2.88 bits per heavy atom. The molecule has 2 aliphatic heterocycles. The third-order valence-corrected chi connectivity index (χ3v) is 6.22. The Kier molecular flexibility index (Phi) is 4.15. The van der Waals surface area contributed by atoms with Gasteiger partial charge in [0, 0.05) is 36.7 Å². The van der Waals surface area contributed by atoms with Crippen molar-refractivity contribution < 1.29 is 8.42 Å². The van der Waals surface area contributed by atoms with E-state index in [4.69, 9.17) is 0 Å². The van der Waals surface area contributed by atoms with Gasteiger partial charge in [-0.05, 0) is 13.5 Å². The van der Waals surface area contributed by atoms with Crippen LogP contribution in [0.5, 0.6) is 0 Å². The lowest BCUT2D eigenvalue weighted by Gasteiger charge is -2.30. The fourth-order valence-corrected chi connectivity index (χ4v) is 5.10. The lowest BCUT2D eigenvalue weighted by atomic mass is 10.2. The van der Waals surface area contributed by atoms with Gasteiger partial charge < -0.3 is 10.2 Å². The van der Waals surface area contributed by atoms with Gasteiger partial charge in [0.05, 0.1) is 11.5 Å². The predicted octanol–water partition coefficient (Wildman–Crippen LogP) is -0.190. The maximum Gasteiger partial charge on any atom is 0.151 e. The first kappa shape index (κ1) is 12.7. The minimum absolute atomic E-state index is 0.235. The van der Waals surface area contributed by atoms with E-state index in [0.29, 0.717) is 17.5 Å². The summed E-state index contributed by atoms with van der Waals surface area (Å²) in [6, 6.07) is 0.755. The molecule has 4 nitrogen and oxygen atoms in total.